The zero-order valence-electron chi connectivity index (χ0n) is 19.9. The summed E-state index contributed by atoms with van der Waals surface area (Å²) in [5.41, 5.74) is 3.12. The van der Waals surface area contributed by atoms with Crippen molar-refractivity contribution in [2.24, 2.45) is 28.6 Å². The summed E-state index contributed by atoms with van der Waals surface area (Å²) in [5.74, 6) is 2.03. The molecule has 0 aromatic rings. The van der Waals surface area contributed by atoms with Crippen LogP contribution in [0.1, 0.15) is 98.8 Å². The van der Waals surface area contributed by atoms with E-state index in [0.717, 1.165) is 31.1 Å². The van der Waals surface area contributed by atoms with Gasteiger partial charge in [0.05, 0.1) is 12.2 Å². The number of fused-ring (bicyclic) bond motifs is 4. The summed E-state index contributed by atoms with van der Waals surface area (Å²) in [6.07, 6.45) is 10.8. The van der Waals surface area contributed by atoms with Crippen molar-refractivity contribution >= 4 is 0 Å². The third-order valence-electron chi connectivity index (χ3n) is 10.1. The maximum absolute atomic E-state index is 11.6. The van der Waals surface area contributed by atoms with Crippen molar-refractivity contribution in [2.75, 3.05) is 0 Å². The first-order valence-electron chi connectivity index (χ1n) is 12.5. The van der Waals surface area contributed by atoms with Crippen LogP contribution < -0.4 is 0 Å². The Morgan fingerprint density at radius 3 is 2.57 bits per heavy atom. The molecular weight excluding hydrogens is 372 g/mol. The van der Waals surface area contributed by atoms with E-state index in [2.05, 4.69) is 40.7 Å². The van der Waals surface area contributed by atoms with Gasteiger partial charge < -0.3 is 15.3 Å². The summed E-state index contributed by atoms with van der Waals surface area (Å²) >= 11 is 0. The van der Waals surface area contributed by atoms with Crippen molar-refractivity contribution in [3.8, 4) is 0 Å². The number of aliphatic hydroxyl groups is 3. The van der Waals surface area contributed by atoms with Gasteiger partial charge in [-0.1, -0.05) is 43.6 Å². The molecule has 3 heteroatoms. The highest BCUT2D eigenvalue weighted by Crippen LogP contribution is 2.66. The molecule has 3 N–H and O–H groups in total. The maximum atomic E-state index is 11.6. The van der Waals surface area contributed by atoms with Crippen LogP contribution in [0.4, 0.5) is 0 Å². The van der Waals surface area contributed by atoms with Crippen LogP contribution in [0, 0.1) is 28.6 Å². The molecule has 0 amide bonds. The highest BCUT2D eigenvalue weighted by Gasteiger charge is 2.63. The third kappa shape index (κ3) is 3.26. The first-order valence-corrected chi connectivity index (χ1v) is 12.5. The monoisotopic (exact) mass is 416 g/mol. The van der Waals surface area contributed by atoms with Crippen molar-refractivity contribution in [3.05, 3.63) is 22.8 Å². The molecule has 30 heavy (non-hydrogen) atoms. The van der Waals surface area contributed by atoms with Crippen molar-refractivity contribution < 1.29 is 15.3 Å². The summed E-state index contributed by atoms with van der Waals surface area (Å²) in [7, 11) is 0. The lowest BCUT2D eigenvalue weighted by molar-refractivity contribution is -0.191. The van der Waals surface area contributed by atoms with E-state index in [1.165, 1.54) is 48.8 Å². The van der Waals surface area contributed by atoms with Gasteiger partial charge in [-0.2, -0.15) is 0 Å². The molecule has 4 aliphatic rings. The lowest BCUT2D eigenvalue weighted by atomic mass is 9.48. The van der Waals surface area contributed by atoms with E-state index in [1.807, 2.05) is 0 Å². The second-order valence-electron chi connectivity index (χ2n) is 12.0. The number of aliphatic hydroxyl groups excluding tert-OH is 2. The first kappa shape index (κ1) is 22.6. The van der Waals surface area contributed by atoms with Crippen LogP contribution in [0.5, 0.6) is 0 Å². The Balaban J connectivity index is 1.62. The van der Waals surface area contributed by atoms with Gasteiger partial charge in [-0.25, -0.2) is 0 Å². The Hall–Kier alpha value is -0.640. The highest BCUT2D eigenvalue weighted by atomic mass is 16.3. The molecule has 0 aromatic heterocycles. The molecular formula is C27H44O3. The van der Waals surface area contributed by atoms with Crippen LogP contribution in [-0.2, 0) is 0 Å². The lowest BCUT2D eigenvalue weighted by Crippen LogP contribution is -2.63. The zero-order valence-corrected chi connectivity index (χ0v) is 19.9. The maximum Gasteiger partial charge on any atom is 0.102 e. The van der Waals surface area contributed by atoms with E-state index >= 15 is 0 Å². The molecule has 0 aromatic carbocycles. The predicted octanol–water partition coefficient (Wildman–Crippen LogP) is 5.54. The molecule has 4 aliphatic carbocycles. The summed E-state index contributed by atoms with van der Waals surface area (Å²) in [6, 6.07) is 0. The number of allylic oxidation sites excluding steroid dienone is 2. The molecule has 170 valence electrons. The van der Waals surface area contributed by atoms with Crippen LogP contribution in [-0.4, -0.2) is 33.1 Å². The lowest BCUT2D eigenvalue weighted by Gasteiger charge is -2.60. The minimum atomic E-state index is -1.17. The first-order chi connectivity index (χ1) is 14.0. The van der Waals surface area contributed by atoms with Crippen LogP contribution in [0.15, 0.2) is 22.8 Å². The Kier molecular flexibility index (Phi) is 5.82. The number of hydrogen-bond acceptors (Lipinski definition) is 3. The van der Waals surface area contributed by atoms with E-state index in [4.69, 9.17) is 0 Å². The molecule has 2 fully saturated rings. The fraction of sp³-hybridized carbons (Fsp3) is 0.852. The fourth-order valence-corrected chi connectivity index (χ4v) is 8.28. The second-order valence-corrected chi connectivity index (χ2v) is 12.0. The van der Waals surface area contributed by atoms with Gasteiger partial charge in [0.15, 0.2) is 0 Å². The summed E-state index contributed by atoms with van der Waals surface area (Å²) < 4.78 is 0. The molecule has 2 saturated carbocycles. The summed E-state index contributed by atoms with van der Waals surface area (Å²) in [5, 5.41) is 32.9. The molecule has 0 heterocycles. The zero-order chi connectivity index (χ0) is 21.9. The summed E-state index contributed by atoms with van der Waals surface area (Å²) in [4.78, 5) is 0. The average Bonchev–Trinajstić information content (AvgIpc) is 3.01. The number of hydrogen-bond donors (Lipinski definition) is 3. The van der Waals surface area contributed by atoms with Gasteiger partial charge >= 0.3 is 0 Å². The third-order valence-corrected chi connectivity index (χ3v) is 10.1. The van der Waals surface area contributed by atoms with Crippen molar-refractivity contribution in [2.45, 2.75) is 117 Å². The van der Waals surface area contributed by atoms with Gasteiger partial charge in [-0.3, -0.25) is 0 Å². The van der Waals surface area contributed by atoms with Crippen LogP contribution in [0.25, 0.3) is 0 Å². The van der Waals surface area contributed by atoms with E-state index in [0.29, 0.717) is 24.2 Å². The second kappa shape index (κ2) is 7.74. The van der Waals surface area contributed by atoms with Gasteiger partial charge in [0, 0.05) is 11.8 Å². The minimum absolute atomic E-state index is 0.313. The van der Waals surface area contributed by atoms with E-state index < -0.39 is 17.8 Å². The Morgan fingerprint density at radius 2 is 1.87 bits per heavy atom. The van der Waals surface area contributed by atoms with E-state index in [1.54, 1.807) is 0 Å². The molecule has 0 bridgehead atoms. The fourth-order valence-electron chi connectivity index (χ4n) is 8.28. The summed E-state index contributed by atoms with van der Waals surface area (Å²) in [6.45, 7) is 11.5. The SMILES string of the molecule is CC(C)=CCCC(C)[C@H]1CC[C@H]2C3=C(CC[C@]12C)[C@@]1(C)CC[C@H](O)C[C@]1(O)[C@@H](O)C3. The Morgan fingerprint density at radius 1 is 1.13 bits per heavy atom. The van der Waals surface area contributed by atoms with Gasteiger partial charge in [0.25, 0.3) is 0 Å². The largest absolute Gasteiger partial charge is 0.393 e. The van der Waals surface area contributed by atoms with Crippen molar-refractivity contribution in [1.29, 1.82) is 0 Å². The molecule has 1 unspecified atom stereocenters. The van der Waals surface area contributed by atoms with Crippen LogP contribution in [0.3, 0.4) is 0 Å². The average molecular weight is 417 g/mol. The predicted molar refractivity (Wildman–Crippen MR) is 122 cm³/mol. The molecule has 0 saturated heterocycles. The van der Waals surface area contributed by atoms with Gasteiger partial charge in [-0.15, -0.1) is 0 Å². The van der Waals surface area contributed by atoms with E-state index in [9.17, 15) is 15.3 Å². The topological polar surface area (TPSA) is 60.7 Å². The van der Waals surface area contributed by atoms with Crippen molar-refractivity contribution in [1.82, 2.24) is 0 Å². The van der Waals surface area contributed by atoms with Gasteiger partial charge in [0.2, 0.25) is 0 Å². The smallest absolute Gasteiger partial charge is 0.102 e. The van der Waals surface area contributed by atoms with Crippen LogP contribution in [0.2, 0.25) is 0 Å². The van der Waals surface area contributed by atoms with Gasteiger partial charge in [0.1, 0.15) is 5.60 Å². The standard InChI is InChI=1S/C27H44O3/c1-17(2)7-6-8-18(3)21-9-10-22-20-15-24(29)27(30)16-19(28)11-14-26(27,5)23(20)12-13-25(21,22)4/h7,18-19,21-22,24,28-30H,6,8-16H2,1-5H3/t18?,19-,21+,22-,24-,25+,26+,27-/m0/s1. The quantitative estimate of drug-likeness (QED) is 0.527. The number of rotatable bonds is 4. The highest BCUT2D eigenvalue weighted by molar-refractivity contribution is 5.38. The molecule has 8 atom stereocenters. The van der Waals surface area contributed by atoms with Crippen LogP contribution >= 0.6 is 0 Å². The van der Waals surface area contributed by atoms with E-state index in [-0.39, 0.29) is 5.41 Å². The normalized spacial score (nSPS) is 46.7. The molecule has 0 radical (unpaired) electrons. The Labute approximate surface area is 183 Å². The Bertz CT molecular complexity index is 734. The molecule has 3 nitrogen and oxygen atoms in total. The minimum Gasteiger partial charge on any atom is -0.393 e. The van der Waals surface area contributed by atoms with Gasteiger partial charge in [-0.05, 0) is 94.8 Å². The molecule has 4 rings (SSSR count). The molecule has 0 aliphatic heterocycles. The molecule has 0 spiro atoms. The van der Waals surface area contributed by atoms with Crippen molar-refractivity contribution in [3.63, 3.8) is 0 Å².